The van der Waals surface area contributed by atoms with Gasteiger partial charge in [-0.15, -0.1) is 0 Å². The smallest absolute Gasteiger partial charge is 0.150 e. The highest BCUT2D eigenvalue weighted by Crippen LogP contribution is 2.25. The molecule has 0 saturated carbocycles. The summed E-state index contributed by atoms with van der Waals surface area (Å²) in [5.74, 6) is 0. The summed E-state index contributed by atoms with van der Waals surface area (Å²) in [4.78, 5) is 14.7. The largest absolute Gasteiger partial charge is 0.298 e. The number of nitriles is 1. The Hall–Kier alpha value is -2.21. The van der Waals surface area contributed by atoms with Crippen molar-refractivity contribution in [2.75, 3.05) is 0 Å². The molecule has 0 spiro atoms. The number of aliphatic imine (C=N–C) groups is 1. The molecule has 0 aliphatic heterocycles. The van der Waals surface area contributed by atoms with Gasteiger partial charge in [-0.05, 0) is 25.1 Å². The lowest BCUT2D eigenvalue weighted by Gasteiger charge is -2.03. The number of carbonyl (C=O) groups excluding carboxylic acids is 1. The van der Waals surface area contributed by atoms with E-state index >= 15 is 0 Å². The molecule has 0 amide bonds. The van der Waals surface area contributed by atoms with Gasteiger partial charge in [0.1, 0.15) is 6.29 Å². The summed E-state index contributed by atoms with van der Waals surface area (Å²) in [5.41, 5.74) is 2.06. The topological polar surface area (TPSA) is 53.2 Å². The molecule has 1 aromatic carbocycles. The molecule has 0 heterocycles. The lowest BCUT2D eigenvalue weighted by atomic mass is 10.0. The first-order valence-corrected chi connectivity index (χ1v) is 4.40. The van der Waals surface area contributed by atoms with E-state index in [9.17, 15) is 4.79 Å². The monoisotopic (exact) mass is 198 g/mol. The maximum absolute atomic E-state index is 10.6. The minimum atomic E-state index is 0.327. The molecule has 0 radical (unpaired) electrons. The zero-order chi connectivity index (χ0) is 11.3. The molecule has 3 heteroatoms. The van der Waals surface area contributed by atoms with Gasteiger partial charge in [0.15, 0.2) is 0 Å². The van der Waals surface area contributed by atoms with Gasteiger partial charge in [0.2, 0.25) is 0 Å². The summed E-state index contributed by atoms with van der Waals surface area (Å²) in [7, 11) is 0. The lowest BCUT2D eigenvalue weighted by molar-refractivity contribution is -0.103. The normalized spacial score (nSPS) is 9.87. The molecule has 15 heavy (non-hydrogen) atoms. The van der Waals surface area contributed by atoms with Crippen LogP contribution < -0.4 is 0 Å². The van der Waals surface area contributed by atoms with Gasteiger partial charge in [0.05, 0.1) is 17.3 Å². The fraction of sp³-hybridized carbons (Fsp3) is 0.0833. The molecule has 0 fully saturated rings. The number of aldehydes is 1. The first-order chi connectivity index (χ1) is 7.22. The second-order valence-electron chi connectivity index (χ2n) is 2.87. The molecule has 0 atom stereocenters. The van der Waals surface area contributed by atoms with Gasteiger partial charge in [0.25, 0.3) is 0 Å². The van der Waals surface area contributed by atoms with Gasteiger partial charge in [-0.3, -0.25) is 9.79 Å². The van der Waals surface area contributed by atoms with Crippen LogP contribution in [0.3, 0.4) is 0 Å². The van der Waals surface area contributed by atoms with E-state index < -0.39 is 0 Å². The van der Waals surface area contributed by atoms with E-state index in [1.165, 1.54) is 0 Å². The molecular weight excluding hydrogens is 188 g/mol. The Morgan fingerprint density at radius 1 is 1.60 bits per heavy atom. The molecule has 0 aliphatic carbocycles. The van der Waals surface area contributed by atoms with E-state index in [4.69, 9.17) is 5.26 Å². The number of carbonyl (C=O) groups is 1. The number of hydrogen-bond acceptors (Lipinski definition) is 3. The van der Waals surface area contributed by atoms with Crippen LogP contribution in [0.2, 0.25) is 0 Å². The summed E-state index contributed by atoms with van der Waals surface area (Å²) in [5, 5.41) is 8.73. The van der Waals surface area contributed by atoms with Crippen molar-refractivity contribution < 1.29 is 4.79 Å². The Bertz CT molecular complexity index is 467. The third kappa shape index (κ3) is 2.38. The van der Waals surface area contributed by atoms with E-state index in [1.807, 2.05) is 6.07 Å². The number of hydrogen-bond donors (Lipinski definition) is 0. The van der Waals surface area contributed by atoms with Crippen molar-refractivity contribution >= 4 is 23.8 Å². The maximum atomic E-state index is 10.6. The third-order valence-corrected chi connectivity index (χ3v) is 1.88. The Kier molecular flexibility index (Phi) is 3.53. The van der Waals surface area contributed by atoms with Crippen molar-refractivity contribution in [3.05, 3.63) is 35.9 Å². The quantitative estimate of drug-likeness (QED) is 0.425. The van der Waals surface area contributed by atoms with Crippen LogP contribution in [-0.4, -0.2) is 12.5 Å². The predicted octanol–water partition coefficient (Wildman–Crippen LogP) is 2.49. The van der Waals surface area contributed by atoms with Crippen LogP contribution in [0, 0.1) is 11.3 Å². The van der Waals surface area contributed by atoms with E-state index in [-0.39, 0.29) is 0 Å². The Balaban J connectivity index is 3.35. The van der Waals surface area contributed by atoms with Crippen molar-refractivity contribution in [3.63, 3.8) is 0 Å². The number of benzene rings is 1. The Morgan fingerprint density at radius 3 is 2.87 bits per heavy atom. The van der Waals surface area contributed by atoms with Crippen LogP contribution in [0.4, 0.5) is 5.69 Å². The summed E-state index contributed by atoms with van der Waals surface area (Å²) in [6, 6.07) is 6.97. The highest BCUT2D eigenvalue weighted by atomic mass is 16.1. The molecule has 0 N–H and O–H groups in total. The van der Waals surface area contributed by atoms with Gasteiger partial charge in [0, 0.05) is 17.4 Å². The fourth-order valence-corrected chi connectivity index (χ4v) is 1.18. The highest BCUT2D eigenvalue weighted by Gasteiger charge is 2.05. The zero-order valence-corrected chi connectivity index (χ0v) is 8.40. The van der Waals surface area contributed by atoms with Crippen LogP contribution in [0.15, 0.2) is 29.8 Å². The molecular formula is C12H10N2O. The maximum Gasteiger partial charge on any atom is 0.150 e. The highest BCUT2D eigenvalue weighted by molar-refractivity contribution is 6.08. The summed E-state index contributed by atoms with van der Waals surface area (Å²) >= 11 is 0. The molecule has 0 aromatic heterocycles. The van der Waals surface area contributed by atoms with E-state index in [0.717, 1.165) is 0 Å². The first kappa shape index (κ1) is 10.9. The van der Waals surface area contributed by atoms with Gasteiger partial charge in [-0.2, -0.15) is 5.26 Å². The average molecular weight is 198 g/mol. The molecule has 1 aromatic rings. The van der Waals surface area contributed by atoms with Gasteiger partial charge < -0.3 is 0 Å². The number of nitrogens with zero attached hydrogens (tertiary/aromatic N) is 2. The minimum absolute atomic E-state index is 0.327. The van der Waals surface area contributed by atoms with E-state index in [2.05, 4.69) is 11.6 Å². The van der Waals surface area contributed by atoms with Crippen LogP contribution in [0.1, 0.15) is 18.1 Å². The van der Waals surface area contributed by atoms with Crippen LogP contribution >= 0.6 is 0 Å². The summed E-state index contributed by atoms with van der Waals surface area (Å²) < 4.78 is 0. The Morgan fingerprint density at radius 2 is 2.33 bits per heavy atom. The predicted molar refractivity (Wildman–Crippen MR) is 60.1 cm³/mol. The molecule has 0 unspecified atom stereocenters. The summed E-state index contributed by atoms with van der Waals surface area (Å²) in [6.07, 6.45) is 2.29. The second-order valence-corrected chi connectivity index (χ2v) is 2.87. The lowest BCUT2D eigenvalue weighted by Crippen LogP contribution is -1.87. The van der Waals surface area contributed by atoms with E-state index in [1.54, 1.807) is 31.3 Å². The Labute approximate surface area is 88.4 Å². The van der Waals surface area contributed by atoms with Crippen LogP contribution in [0.5, 0.6) is 0 Å². The SMILES string of the molecule is C=C(C=O)c1cc(C#N)ccc1N=CC. The van der Waals surface area contributed by atoms with E-state index in [0.29, 0.717) is 28.7 Å². The van der Waals surface area contributed by atoms with Crippen molar-refractivity contribution in [1.82, 2.24) is 0 Å². The molecule has 74 valence electrons. The fourth-order valence-electron chi connectivity index (χ4n) is 1.18. The van der Waals surface area contributed by atoms with Gasteiger partial charge in [-0.25, -0.2) is 0 Å². The number of rotatable bonds is 3. The van der Waals surface area contributed by atoms with Crippen molar-refractivity contribution in [2.24, 2.45) is 4.99 Å². The average Bonchev–Trinajstić information content (AvgIpc) is 2.29. The molecule has 0 aliphatic rings. The zero-order valence-electron chi connectivity index (χ0n) is 8.40. The van der Waals surface area contributed by atoms with Gasteiger partial charge in [-0.1, -0.05) is 6.58 Å². The molecule has 0 bridgehead atoms. The van der Waals surface area contributed by atoms with Crippen LogP contribution in [0.25, 0.3) is 5.57 Å². The molecule has 1 rings (SSSR count). The molecule has 3 nitrogen and oxygen atoms in total. The second kappa shape index (κ2) is 4.87. The van der Waals surface area contributed by atoms with Crippen molar-refractivity contribution in [2.45, 2.75) is 6.92 Å². The molecule has 0 saturated heterocycles. The first-order valence-electron chi connectivity index (χ1n) is 4.40. The third-order valence-electron chi connectivity index (χ3n) is 1.88. The van der Waals surface area contributed by atoms with Crippen molar-refractivity contribution in [3.8, 4) is 6.07 Å². The standard InChI is InChI=1S/C12H10N2O/c1-3-14-12-5-4-10(7-13)6-11(12)9(2)8-15/h3-6,8H,2H2,1H3. The van der Waals surface area contributed by atoms with Gasteiger partial charge >= 0.3 is 0 Å². The van der Waals surface area contributed by atoms with Crippen LogP contribution in [-0.2, 0) is 4.79 Å². The minimum Gasteiger partial charge on any atom is -0.298 e. The number of allylic oxidation sites excluding steroid dienone is 1. The van der Waals surface area contributed by atoms with Crippen molar-refractivity contribution in [1.29, 1.82) is 5.26 Å². The summed E-state index contributed by atoms with van der Waals surface area (Å²) in [6.45, 7) is 5.39.